The average Bonchev–Trinajstić information content (AvgIpc) is 3.05. The number of fused-ring (bicyclic) bond motifs is 1. The zero-order chi connectivity index (χ0) is 16.5. The molecule has 0 amide bonds. The van der Waals surface area contributed by atoms with Gasteiger partial charge in [0.25, 0.3) is 5.56 Å². The van der Waals surface area contributed by atoms with Crippen LogP contribution in [0, 0.1) is 0 Å². The molecule has 4 rings (SSSR count). The van der Waals surface area contributed by atoms with E-state index in [1.165, 1.54) is 16.3 Å². The third-order valence-corrected chi connectivity index (χ3v) is 4.76. The van der Waals surface area contributed by atoms with Gasteiger partial charge in [0.2, 0.25) is 5.95 Å². The summed E-state index contributed by atoms with van der Waals surface area (Å²) in [7, 11) is 1.69. The number of aromatic nitrogens is 6. The molecule has 24 heavy (non-hydrogen) atoms. The van der Waals surface area contributed by atoms with Gasteiger partial charge in [-0.05, 0) is 17.8 Å². The van der Waals surface area contributed by atoms with Crippen molar-refractivity contribution >= 4 is 28.9 Å². The van der Waals surface area contributed by atoms with Gasteiger partial charge >= 0.3 is 0 Å². The lowest BCUT2D eigenvalue weighted by Gasteiger charge is -2.26. The molecule has 1 aliphatic rings. The van der Waals surface area contributed by atoms with E-state index in [0.717, 1.165) is 26.2 Å². The molecule has 0 bridgehead atoms. The summed E-state index contributed by atoms with van der Waals surface area (Å²) in [6, 6.07) is 1.74. The van der Waals surface area contributed by atoms with Gasteiger partial charge in [0.1, 0.15) is 0 Å². The van der Waals surface area contributed by atoms with Crippen LogP contribution in [-0.4, -0.2) is 55.7 Å². The second-order valence-electron chi connectivity index (χ2n) is 5.39. The predicted molar refractivity (Wildman–Crippen MR) is 90.4 cm³/mol. The molecule has 0 aliphatic carbocycles. The molecule has 124 valence electrons. The number of H-pyrrole nitrogens is 1. The summed E-state index contributed by atoms with van der Waals surface area (Å²) in [5, 5.41) is 4.34. The lowest BCUT2D eigenvalue weighted by Crippen LogP contribution is -2.44. The molecule has 0 spiro atoms. The number of aromatic amines is 1. The Bertz CT molecular complexity index is 916. The fourth-order valence-corrected chi connectivity index (χ4v) is 3.28. The molecule has 3 aromatic heterocycles. The summed E-state index contributed by atoms with van der Waals surface area (Å²) in [5.41, 5.74) is 0.682. The van der Waals surface area contributed by atoms with Gasteiger partial charge in [-0.25, -0.2) is 15.0 Å². The topological polar surface area (TPSA) is 105 Å². The molecule has 10 heteroatoms. The molecule has 1 saturated heterocycles. The molecule has 0 atom stereocenters. The van der Waals surface area contributed by atoms with Gasteiger partial charge < -0.3 is 15.2 Å². The minimum absolute atomic E-state index is 0.160. The number of hydrogen-bond acceptors (Lipinski definition) is 8. The van der Waals surface area contributed by atoms with Crippen LogP contribution in [0.25, 0.3) is 11.2 Å². The molecule has 1 aliphatic heterocycles. The minimum atomic E-state index is -0.160. The minimum Gasteiger partial charge on any atom is -0.340 e. The summed E-state index contributed by atoms with van der Waals surface area (Å²) < 4.78 is 1.49. The Morgan fingerprint density at radius 2 is 1.92 bits per heavy atom. The molecule has 0 radical (unpaired) electrons. The van der Waals surface area contributed by atoms with Crippen LogP contribution in [0.5, 0.6) is 0 Å². The molecule has 1 fully saturated rings. The molecular weight excluding hydrogens is 328 g/mol. The van der Waals surface area contributed by atoms with Crippen molar-refractivity contribution in [3.05, 3.63) is 28.8 Å². The molecule has 0 aromatic carbocycles. The maximum Gasteiger partial charge on any atom is 0.280 e. The van der Waals surface area contributed by atoms with Gasteiger partial charge in [0, 0.05) is 45.6 Å². The molecule has 9 nitrogen and oxygen atoms in total. The van der Waals surface area contributed by atoms with Crippen LogP contribution in [0.15, 0.2) is 33.6 Å². The first-order chi connectivity index (χ1) is 11.7. The number of nitrogens with zero attached hydrogens (tertiary/aromatic N) is 6. The third kappa shape index (κ3) is 2.74. The van der Waals surface area contributed by atoms with Crippen molar-refractivity contribution in [1.29, 1.82) is 0 Å². The second-order valence-corrected chi connectivity index (χ2v) is 6.32. The maximum absolute atomic E-state index is 12.6. The summed E-state index contributed by atoms with van der Waals surface area (Å²) >= 11 is 1.24. The summed E-state index contributed by atoms with van der Waals surface area (Å²) in [6.07, 6.45) is 3.31. The molecule has 0 saturated carbocycles. The number of hydrogen-bond donors (Lipinski definition) is 2. The Labute approximate surface area is 141 Å². The molecule has 3 aromatic rings. The van der Waals surface area contributed by atoms with Crippen molar-refractivity contribution < 1.29 is 0 Å². The van der Waals surface area contributed by atoms with Crippen molar-refractivity contribution in [2.24, 2.45) is 7.05 Å². The molecular formula is C14H16N8OS. The van der Waals surface area contributed by atoms with E-state index in [1.54, 1.807) is 25.5 Å². The highest BCUT2D eigenvalue weighted by Crippen LogP contribution is 2.22. The van der Waals surface area contributed by atoms with E-state index in [1.807, 2.05) is 0 Å². The quantitative estimate of drug-likeness (QED) is 0.640. The summed E-state index contributed by atoms with van der Waals surface area (Å²) in [4.78, 5) is 35.2. The largest absolute Gasteiger partial charge is 0.340 e. The van der Waals surface area contributed by atoms with E-state index < -0.39 is 0 Å². The van der Waals surface area contributed by atoms with E-state index in [9.17, 15) is 4.79 Å². The number of rotatable bonds is 3. The lowest BCUT2D eigenvalue weighted by atomic mass is 10.4. The van der Waals surface area contributed by atoms with Crippen LogP contribution in [0.4, 0.5) is 5.95 Å². The highest BCUT2D eigenvalue weighted by Gasteiger charge is 2.18. The first kappa shape index (κ1) is 15.1. The van der Waals surface area contributed by atoms with Crippen LogP contribution < -0.4 is 15.8 Å². The fraction of sp³-hybridized carbons (Fsp3) is 0.357. The van der Waals surface area contributed by atoms with Gasteiger partial charge in [0.05, 0.1) is 0 Å². The molecule has 4 heterocycles. The zero-order valence-corrected chi connectivity index (χ0v) is 13.9. The Morgan fingerprint density at radius 1 is 1.17 bits per heavy atom. The van der Waals surface area contributed by atoms with Crippen LogP contribution in [0.2, 0.25) is 0 Å². The number of anilines is 1. The first-order valence-electron chi connectivity index (χ1n) is 7.59. The molecule has 2 N–H and O–H groups in total. The van der Waals surface area contributed by atoms with Crippen LogP contribution in [0.1, 0.15) is 0 Å². The monoisotopic (exact) mass is 344 g/mol. The van der Waals surface area contributed by atoms with Gasteiger partial charge in [0.15, 0.2) is 21.5 Å². The van der Waals surface area contributed by atoms with Gasteiger partial charge in [-0.3, -0.25) is 9.36 Å². The lowest BCUT2D eigenvalue weighted by molar-refractivity contribution is 0.582. The van der Waals surface area contributed by atoms with E-state index in [0.29, 0.717) is 27.4 Å². The van der Waals surface area contributed by atoms with Crippen molar-refractivity contribution in [3.63, 3.8) is 0 Å². The van der Waals surface area contributed by atoms with Crippen molar-refractivity contribution in [2.75, 3.05) is 31.1 Å². The summed E-state index contributed by atoms with van der Waals surface area (Å²) in [6.45, 7) is 3.49. The van der Waals surface area contributed by atoms with Crippen LogP contribution >= 0.6 is 11.8 Å². The first-order valence-corrected chi connectivity index (χ1v) is 8.41. The Balaban J connectivity index is 1.74. The van der Waals surface area contributed by atoms with Crippen molar-refractivity contribution in [1.82, 2.24) is 34.8 Å². The SMILES string of the molecule is Cn1c(Sc2ncccn2)nc2nc(N3CCNCC3)[nH]c2c1=O. The third-order valence-electron chi connectivity index (χ3n) is 3.82. The van der Waals surface area contributed by atoms with Crippen LogP contribution in [0.3, 0.4) is 0 Å². The van der Waals surface area contributed by atoms with E-state index in [4.69, 9.17) is 0 Å². The predicted octanol–water partition coefficient (Wildman–Crippen LogP) is 0.00740. The Kier molecular flexibility index (Phi) is 3.90. The van der Waals surface area contributed by atoms with E-state index in [-0.39, 0.29) is 5.56 Å². The standard InChI is InChI=1S/C14H16N8OS/c1-21-11(23)9-10(19-12(18-9)22-7-5-15-6-8-22)20-14(21)24-13-16-3-2-4-17-13/h2-4,15H,5-8H2,1H3,(H,18,19). The fourth-order valence-electron chi connectivity index (χ4n) is 2.54. The summed E-state index contributed by atoms with van der Waals surface area (Å²) in [5.74, 6) is 0.689. The second kappa shape index (κ2) is 6.21. The number of piperazine rings is 1. The van der Waals surface area contributed by atoms with Gasteiger partial charge in [-0.1, -0.05) is 0 Å². The van der Waals surface area contributed by atoms with Crippen molar-refractivity contribution in [3.8, 4) is 0 Å². The van der Waals surface area contributed by atoms with Gasteiger partial charge in [-0.2, -0.15) is 4.98 Å². The number of imidazole rings is 1. The highest BCUT2D eigenvalue weighted by atomic mass is 32.2. The Hall–Kier alpha value is -2.46. The highest BCUT2D eigenvalue weighted by molar-refractivity contribution is 7.99. The van der Waals surface area contributed by atoms with Crippen molar-refractivity contribution in [2.45, 2.75) is 10.3 Å². The molecule has 0 unspecified atom stereocenters. The Morgan fingerprint density at radius 3 is 2.67 bits per heavy atom. The van der Waals surface area contributed by atoms with E-state index >= 15 is 0 Å². The maximum atomic E-state index is 12.6. The van der Waals surface area contributed by atoms with E-state index in [2.05, 4.69) is 35.1 Å². The van der Waals surface area contributed by atoms with Gasteiger partial charge in [-0.15, -0.1) is 0 Å². The average molecular weight is 344 g/mol. The van der Waals surface area contributed by atoms with Crippen LogP contribution in [-0.2, 0) is 7.05 Å². The smallest absolute Gasteiger partial charge is 0.280 e. The normalized spacial score (nSPS) is 15.1. The number of nitrogens with one attached hydrogen (secondary N) is 2. The zero-order valence-electron chi connectivity index (χ0n) is 13.1.